The molecule has 0 bridgehead atoms. The van der Waals surface area contributed by atoms with Crippen LogP contribution in [0.15, 0.2) is 23.0 Å². The van der Waals surface area contributed by atoms with E-state index in [-0.39, 0.29) is 11.1 Å². The van der Waals surface area contributed by atoms with Gasteiger partial charge < -0.3 is 5.32 Å². The molecule has 1 aromatic carbocycles. The van der Waals surface area contributed by atoms with Crippen LogP contribution < -0.4 is 10.9 Å². The number of hydrogen-bond acceptors (Lipinski definition) is 3. The van der Waals surface area contributed by atoms with Gasteiger partial charge in [0.1, 0.15) is 0 Å². The third kappa shape index (κ3) is 2.30. The van der Waals surface area contributed by atoms with E-state index in [2.05, 4.69) is 26.1 Å². The van der Waals surface area contributed by atoms with E-state index in [1.165, 1.54) is 0 Å². The van der Waals surface area contributed by atoms with E-state index in [1.54, 1.807) is 0 Å². The number of aromatic nitrogens is 2. The average Bonchev–Trinajstić information content (AvgIpc) is 3.13. The van der Waals surface area contributed by atoms with Crippen molar-refractivity contribution in [3.63, 3.8) is 0 Å². The highest BCUT2D eigenvalue weighted by Crippen LogP contribution is 2.36. The van der Waals surface area contributed by atoms with Crippen LogP contribution in [-0.4, -0.2) is 15.1 Å². The van der Waals surface area contributed by atoms with Crippen molar-refractivity contribution in [1.82, 2.24) is 9.55 Å². The van der Waals surface area contributed by atoms with Gasteiger partial charge in [-0.2, -0.15) is 0 Å². The Morgan fingerprint density at radius 3 is 2.60 bits per heavy atom. The van der Waals surface area contributed by atoms with Crippen LogP contribution in [0.2, 0.25) is 0 Å². The Bertz CT molecular complexity index is 721. The predicted molar refractivity (Wildman–Crippen MR) is 82.4 cm³/mol. The van der Waals surface area contributed by atoms with E-state index in [0.29, 0.717) is 12.0 Å². The maximum absolute atomic E-state index is 12.8. The second kappa shape index (κ2) is 4.33. The second-order valence-corrected chi connectivity index (χ2v) is 6.69. The van der Waals surface area contributed by atoms with Gasteiger partial charge in [0.25, 0.3) is 5.56 Å². The van der Waals surface area contributed by atoms with Crippen molar-refractivity contribution in [1.29, 1.82) is 0 Å². The number of para-hydroxylation sites is 1. The fourth-order valence-corrected chi connectivity index (χ4v) is 2.46. The highest BCUT2D eigenvalue weighted by molar-refractivity contribution is 5.82. The molecule has 106 valence electrons. The normalized spacial score (nSPS) is 15.6. The molecule has 1 fully saturated rings. The van der Waals surface area contributed by atoms with Crippen LogP contribution in [-0.2, 0) is 0 Å². The fourth-order valence-electron chi connectivity index (χ4n) is 2.46. The van der Waals surface area contributed by atoms with Crippen molar-refractivity contribution in [2.75, 3.05) is 5.32 Å². The molecular formula is C16H21N3O. The molecule has 4 nitrogen and oxygen atoms in total. The van der Waals surface area contributed by atoms with Gasteiger partial charge in [-0.15, -0.1) is 0 Å². The predicted octanol–water partition coefficient (Wildman–Crippen LogP) is 3.25. The molecule has 1 N–H and O–H groups in total. The standard InChI is InChI=1S/C16H21N3O/c1-10-6-5-7-12-13(10)17-15(18-16(2,3)4)19(14(12)20)11-8-9-11/h5-7,11H,8-9H2,1-4H3,(H,17,18). The molecule has 1 aliphatic rings. The maximum atomic E-state index is 12.8. The van der Waals surface area contributed by atoms with Crippen LogP contribution in [0.4, 0.5) is 5.95 Å². The highest BCUT2D eigenvalue weighted by Gasteiger charge is 2.29. The summed E-state index contributed by atoms with van der Waals surface area (Å²) in [5.74, 6) is 0.701. The SMILES string of the molecule is Cc1cccc2c(=O)n(C3CC3)c(NC(C)(C)C)nc12. The molecule has 4 heteroatoms. The van der Waals surface area contributed by atoms with E-state index in [1.807, 2.05) is 29.7 Å². The zero-order valence-electron chi connectivity index (χ0n) is 12.5. The summed E-state index contributed by atoms with van der Waals surface area (Å²) < 4.78 is 1.84. The molecular weight excluding hydrogens is 250 g/mol. The van der Waals surface area contributed by atoms with Gasteiger partial charge in [-0.3, -0.25) is 9.36 Å². The van der Waals surface area contributed by atoms with Gasteiger partial charge in [-0.25, -0.2) is 4.98 Å². The molecule has 1 aromatic heterocycles. The van der Waals surface area contributed by atoms with Crippen LogP contribution in [0.1, 0.15) is 45.2 Å². The lowest BCUT2D eigenvalue weighted by atomic mass is 10.1. The molecule has 0 radical (unpaired) electrons. The number of aryl methyl sites for hydroxylation is 1. The molecule has 0 aliphatic heterocycles. The third-order valence-corrected chi connectivity index (χ3v) is 3.53. The Balaban J connectivity index is 2.29. The van der Waals surface area contributed by atoms with Crippen molar-refractivity contribution in [3.8, 4) is 0 Å². The third-order valence-electron chi connectivity index (χ3n) is 3.53. The van der Waals surface area contributed by atoms with Crippen molar-refractivity contribution >= 4 is 16.9 Å². The van der Waals surface area contributed by atoms with Gasteiger partial charge in [-0.05, 0) is 52.2 Å². The summed E-state index contributed by atoms with van der Waals surface area (Å²) in [6, 6.07) is 6.10. The molecule has 1 aliphatic carbocycles. The number of fused-ring (bicyclic) bond motifs is 1. The zero-order valence-corrected chi connectivity index (χ0v) is 12.5. The first-order valence-corrected chi connectivity index (χ1v) is 7.17. The summed E-state index contributed by atoms with van der Waals surface area (Å²) in [5, 5.41) is 4.10. The lowest BCUT2D eigenvalue weighted by Crippen LogP contribution is -2.33. The Kier molecular flexibility index (Phi) is 2.85. The van der Waals surface area contributed by atoms with Crippen LogP contribution in [0.5, 0.6) is 0 Å². The first kappa shape index (κ1) is 13.2. The molecule has 0 saturated heterocycles. The smallest absolute Gasteiger partial charge is 0.263 e. The minimum atomic E-state index is -0.119. The van der Waals surface area contributed by atoms with Crippen molar-refractivity contribution in [2.45, 2.75) is 52.1 Å². The van der Waals surface area contributed by atoms with Crippen molar-refractivity contribution in [3.05, 3.63) is 34.1 Å². The molecule has 20 heavy (non-hydrogen) atoms. The van der Waals surface area contributed by atoms with Gasteiger partial charge in [-0.1, -0.05) is 12.1 Å². The molecule has 2 aromatic rings. The molecule has 0 unspecified atom stereocenters. The first-order valence-electron chi connectivity index (χ1n) is 7.17. The van der Waals surface area contributed by atoms with Crippen LogP contribution in [0.25, 0.3) is 10.9 Å². The molecule has 1 saturated carbocycles. The largest absolute Gasteiger partial charge is 0.351 e. The highest BCUT2D eigenvalue weighted by atomic mass is 16.1. The number of hydrogen-bond donors (Lipinski definition) is 1. The van der Waals surface area contributed by atoms with Crippen LogP contribution in [0.3, 0.4) is 0 Å². The summed E-state index contributed by atoms with van der Waals surface area (Å²) in [5.41, 5.74) is 1.81. The number of rotatable bonds is 2. The minimum Gasteiger partial charge on any atom is -0.351 e. The molecule has 3 rings (SSSR count). The number of anilines is 1. The monoisotopic (exact) mass is 271 g/mol. The van der Waals surface area contributed by atoms with Gasteiger partial charge in [0.15, 0.2) is 0 Å². The lowest BCUT2D eigenvalue weighted by molar-refractivity contribution is 0.601. The summed E-state index contributed by atoms with van der Waals surface area (Å²) in [6.45, 7) is 8.24. The quantitative estimate of drug-likeness (QED) is 0.912. The minimum absolute atomic E-state index is 0.0768. The topological polar surface area (TPSA) is 46.9 Å². The summed E-state index contributed by atoms with van der Waals surface area (Å²) in [4.78, 5) is 17.5. The molecule has 0 atom stereocenters. The van der Waals surface area contributed by atoms with Crippen LogP contribution in [0, 0.1) is 6.92 Å². The van der Waals surface area contributed by atoms with Gasteiger partial charge in [0, 0.05) is 11.6 Å². The van der Waals surface area contributed by atoms with E-state index in [0.717, 1.165) is 29.3 Å². The van der Waals surface area contributed by atoms with Crippen LogP contribution >= 0.6 is 0 Å². The molecule has 1 heterocycles. The molecule has 0 spiro atoms. The molecule has 0 amide bonds. The fraction of sp³-hybridized carbons (Fsp3) is 0.500. The average molecular weight is 271 g/mol. The van der Waals surface area contributed by atoms with E-state index < -0.39 is 0 Å². The van der Waals surface area contributed by atoms with Crippen molar-refractivity contribution in [2.24, 2.45) is 0 Å². The Labute approximate surface area is 118 Å². The van der Waals surface area contributed by atoms with Gasteiger partial charge in [0.2, 0.25) is 5.95 Å². The number of benzene rings is 1. The number of nitrogens with zero attached hydrogens (tertiary/aromatic N) is 2. The Hall–Kier alpha value is -1.84. The lowest BCUT2D eigenvalue weighted by Gasteiger charge is -2.24. The van der Waals surface area contributed by atoms with Gasteiger partial charge >= 0.3 is 0 Å². The van der Waals surface area contributed by atoms with Gasteiger partial charge in [0.05, 0.1) is 10.9 Å². The first-order chi connectivity index (χ1) is 9.37. The second-order valence-electron chi connectivity index (χ2n) is 6.69. The summed E-state index contributed by atoms with van der Waals surface area (Å²) in [6.07, 6.45) is 2.13. The Morgan fingerprint density at radius 2 is 2.00 bits per heavy atom. The summed E-state index contributed by atoms with van der Waals surface area (Å²) in [7, 11) is 0. The maximum Gasteiger partial charge on any atom is 0.263 e. The Morgan fingerprint density at radius 1 is 1.30 bits per heavy atom. The number of nitrogens with one attached hydrogen (secondary N) is 1. The zero-order chi connectivity index (χ0) is 14.5. The van der Waals surface area contributed by atoms with E-state index in [4.69, 9.17) is 4.98 Å². The summed E-state index contributed by atoms with van der Waals surface area (Å²) >= 11 is 0. The van der Waals surface area contributed by atoms with E-state index in [9.17, 15) is 4.79 Å². The van der Waals surface area contributed by atoms with E-state index >= 15 is 0 Å². The van der Waals surface area contributed by atoms with Crippen molar-refractivity contribution < 1.29 is 0 Å².